The third-order valence-corrected chi connectivity index (χ3v) is 20.3. The van der Waals surface area contributed by atoms with Gasteiger partial charge in [-0.25, -0.2) is 4.79 Å². The van der Waals surface area contributed by atoms with Gasteiger partial charge in [-0.15, -0.1) is 11.3 Å². The van der Waals surface area contributed by atoms with Gasteiger partial charge in [-0.3, -0.25) is 58.1 Å². The lowest BCUT2D eigenvalue weighted by molar-refractivity contribution is -0.157. The van der Waals surface area contributed by atoms with Crippen molar-refractivity contribution < 1.29 is 58.2 Å². The van der Waals surface area contributed by atoms with Crippen molar-refractivity contribution in [2.45, 2.75) is 189 Å². The quantitative estimate of drug-likeness (QED) is 0.0202. The summed E-state index contributed by atoms with van der Waals surface area (Å²) in [5.74, 6) is -7.39. The van der Waals surface area contributed by atoms with Crippen LogP contribution in [-0.4, -0.2) is 218 Å². The summed E-state index contributed by atoms with van der Waals surface area (Å²) in [6.07, 6.45) is 3.88. The van der Waals surface area contributed by atoms with Crippen LogP contribution in [0.1, 0.15) is 117 Å². The van der Waals surface area contributed by atoms with Crippen molar-refractivity contribution >= 4 is 88.3 Å². The van der Waals surface area contributed by atoms with E-state index in [1.165, 1.54) is 30.9 Å². The fourth-order valence-corrected chi connectivity index (χ4v) is 15.3. The zero-order valence-electron chi connectivity index (χ0n) is 55.0. The number of nitrogens with two attached hydrogens (primary N) is 7. The van der Waals surface area contributed by atoms with Gasteiger partial charge >= 0.3 is 5.97 Å². The summed E-state index contributed by atoms with van der Waals surface area (Å²) < 4.78 is 0. The summed E-state index contributed by atoms with van der Waals surface area (Å²) in [5, 5.41) is 34.0. The molecule has 98 heavy (non-hydrogen) atoms. The largest absolute Gasteiger partial charge is 0.480 e. The molecule has 20 N–H and O–H groups in total. The second kappa shape index (κ2) is 33.7. The SMILES string of the molecule is NC(N)=NCCC[C@@H](N)C(=O)N[C@@H](CCCN=C(N)N)C(=O)N1CCC[C@H]1C(=O)N1C[C@H](O)C[C@H]1C(=O)NCC(=O)N[C@@H](Cc1cccs1)C(=O)N1Cc2ccccc2C[C@H]1C(=O)N1Cc2ccccc2C[C@@H]1C(=O)N1[C@H](C(=O)N[C@@H](CCCN=C(N)N)C(=O)O)C[C@@H]2CCCC[C@@H]21. The van der Waals surface area contributed by atoms with Gasteiger partial charge in [0.25, 0.3) is 0 Å². The number of hydrogen-bond donors (Lipinski definition) is 13. The highest BCUT2D eigenvalue weighted by atomic mass is 32.1. The molecule has 0 bridgehead atoms. The molecule has 9 rings (SSSR count). The van der Waals surface area contributed by atoms with E-state index in [4.69, 9.17) is 40.1 Å². The normalized spacial score (nSPS) is 22.9. The average Bonchev–Trinajstić information content (AvgIpc) is 1.30. The van der Waals surface area contributed by atoms with Crippen molar-refractivity contribution in [3.05, 3.63) is 93.2 Å². The standard InChI is InChI=1S/C66H93N19O12S/c67-44(18-7-23-74-64(68)69)55(88)79-45(19-8-24-75-65(70)71)58(91)81-26-10-22-49(81)60(93)84-36-42(86)31-50(84)56(89)77-33-54(87)78-47(32-43-17-11-27-98-43)59(92)82-34-40-15-3-1-12-37(40)28-52(82)61(94)83-35-41-16-4-2-13-38(41)29-53(83)62(95)85-48-21-6-5-14-39(48)30-51(85)57(90)80-46(63(96)97)20-9-25-76-66(72)73/h1-4,11-13,15-17,27,39,42,44-53,86H,5-10,14,18-26,28-36,67H2,(H,77,89)(H,78,87)(H,79,88)(H,80,90)(H,96,97)(H4,68,69,74)(H4,70,71,75)(H4,72,73,76)/t39-,42+,44+,45-,46-,47-,48-,49-,50-,51-,52-,53+/m0/s1. The molecule has 4 fully saturated rings. The summed E-state index contributed by atoms with van der Waals surface area (Å²) >= 11 is 1.34. The van der Waals surface area contributed by atoms with Gasteiger partial charge < -0.3 is 96.1 Å². The van der Waals surface area contributed by atoms with E-state index in [1.807, 2.05) is 53.9 Å². The lowest BCUT2D eigenvalue weighted by atomic mass is 9.84. The van der Waals surface area contributed by atoms with Crippen LogP contribution in [0.5, 0.6) is 0 Å². The maximum atomic E-state index is 16.0. The van der Waals surface area contributed by atoms with Gasteiger partial charge in [-0.2, -0.15) is 0 Å². The average molecular weight is 1380 g/mol. The Hall–Kier alpha value is -9.43. The van der Waals surface area contributed by atoms with E-state index in [0.717, 1.165) is 41.5 Å². The minimum Gasteiger partial charge on any atom is -0.480 e. The number of aliphatic hydroxyl groups is 1. The van der Waals surface area contributed by atoms with Crippen LogP contribution in [0.3, 0.4) is 0 Å². The number of carbonyl (C=O) groups excluding carboxylic acids is 9. The number of fused-ring (bicyclic) bond motifs is 3. The first-order valence-corrected chi connectivity index (χ1v) is 34.6. The van der Waals surface area contributed by atoms with Gasteiger partial charge in [0.15, 0.2) is 17.9 Å². The Labute approximate surface area is 572 Å². The number of aliphatic hydroxyl groups excluding tert-OH is 1. The van der Waals surface area contributed by atoms with Crippen molar-refractivity contribution in [2.75, 3.05) is 39.3 Å². The highest BCUT2D eigenvalue weighted by Gasteiger charge is 2.53. The molecule has 0 radical (unpaired) electrons. The predicted octanol–water partition coefficient (Wildman–Crippen LogP) is -2.55. The minimum absolute atomic E-state index is 0.0159. The molecule has 0 unspecified atom stereocenters. The van der Waals surface area contributed by atoms with Crippen molar-refractivity contribution in [3.8, 4) is 0 Å². The third-order valence-electron chi connectivity index (χ3n) is 19.4. The van der Waals surface area contributed by atoms with Crippen LogP contribution < -0.4 is 61.4 Å². The predicted molar refractivity (Wildman–Crippen MR) is 363 cm³/mol. The van der Waals surface area contributed by atoms with E-state index in [1.54, 1.807) is 17.0 Å². The van der Waals surface area contributed by atoms with E-state index in [2.05, 4.69) is 36.2 Å². The molecular weight excluding hydrogens is 1280 g/mol. The fraction of sp³-hybridized carbons (Fsp3) is 0.561. The number of carbonyl (C=O) groups is 10. The first kappa shape index (κ1) is 72.8. The van der Waals surface area contributed by atoms with Crippen LogP contribution in [0.25, 0.3) is 0 Å². The highest BCUT2D eigenvalue weighted by molar-refractivity contribution is 7.09. The number of likely N-dealkylation sites (tertiary alicyclic amines) is 3. The van der Waals surface area contributed by atoms with E-state index in [9.17, 15) is 43.8 Å². The van der Waals surface area contributed by atoms with Gasteiger partial charge in [0, 0.05) is 82.4 Å². The molecule has 32 heteroatoms. The molecule has 6 aliphatic rings. The Morgan fingerprint density at radius 3 is 1.74 bits per heavy atom. The maximum Gasteiger partial charge on any atom is 0.326 e. The van der Waals surface area contributed by atoms with Crippen molar-refractivity contribution in [1.82, 2.24) is 45.8 Å². The summed E-state index contributed by atoms with van der Waals surface area (Å²) in [7, 11) is 0. The molecule has 2 aromatic carbocycles. The molecule has 3 saturated heterocycles. The zero-order chi connectivity index (χ0) is 70.3. The number of aliphatic imine (C=N–C) groups is 3. The third kappa shape index (κ3) is 18.2. The Balaban J connectivity index is 0.915. The van der Waals surface area contributed by atoms with E-state index < -0.39 is 126 Å². The Bertz CT molecular complexity index is 3490. The molecule has 1 saturated carbocycles. The summed E-state index contributed by atoms with van der Waals surface area (Å²) in [5.41, 5.74) is 42.2. The Morgan fingerprint density at radius 1 is 0.561 bits per heavy atom. The molecule has 0 spiro atoms. The van der Waals surface area contributed by atoms with Crippen LogP contribution in [0.15, 0.2) is 81.0 Å². The van der Waals surface area contributed by atoms with Gasteiger partial charge in [-0.05, 0) is 110 Å². The molecule has 12 atom stereocenters. The number of carboxylic acids is 1. The van der Waals surface area contributed by atoms with Crippen molar-refractivity contribution in [3.63, 3.8) is 0 Å². The monoisotopic (exact) mass is 1380 g/mol. The van der Waals surface area contributed by atoms with Crippen LogP contribution in [-0.2, 0) is 80.3 Å². The zero-order valence-corrected chi connectivity index (χ0v) is 55.8. The second-order valence-electron chi connectivity index (χ2n) is 26.1. The first-order valence-electron chi connectivity index (χ1n) is 33.7. The van der Waals surface area contributed by atoms with Crippen molar-refractivity contribution in [2.24, 2.45) is 61.0 Å². The van der Waals surface area contributed by atoms with Gasteiger partial charge in [0.05, 0.1) is 18.7 Å². The van der Waals surface area contributed by atoms with E-state index >= 15 is 14.4 Å². The highest BCUT2D eigenvalue weighted by Crippen LogP contribution is 2.42. The minimum atomic E-state index is -1.31. The smallest absolute Gasteiger partial charge is 0.326 e. The van der Waals surface area contributed by atoms with E-state index in [-0.39, 0.29) is 140 Å². The number of hydrogen-bond acceptors (Lipinski definition) is 16. The Kier molecular flexibility index (Phi) is 25.0. The number of β-amino-alcohol motifs (C(OH)–C–C–N with tert-alkyl or cyclic N) is 1. The molecule has 530 valence electrons. The fourth-order valence-electron chi connectivity index (χ4n) is 14.6. The molecule has 5 aliphatic heterocycles. The van der Waals surface area contributed by atoms with Gasteiger partial charge in [0.1, 0.15) is 48.3 Å². The van der Waals surface area contributed by atoms with Crippen molar-refractivity contribution in [1.29, 1.82) is 0 Å². The van der Waals surface area contributed by atoms with Crippen LogP contribution in [0.4, 0.5) is 0 Å². The number of rotatable bonds is 28. The first-order chi connectivity index (χ1) is 47.0. The van der Waals surface area contributed by atoms with Crippen LogP contribution in [0.2, 0.25) is 0 Å². The number of thiophene rings is 1. The number of aliphatic carboxylic acids is 1. The molecule has 31 nitrogen and oxygen atoms in total. The number of benzene rings is 2. The second-order valence-corrected chi connectivity index (χ2v) is 27.2. The van der Waals surface area contributed by atoms with Gasteiger partial charge in [0.2, 0.25) is 53.2 Å². The van der Waals surface area contributed by atoms with E-state index in [0.29, 0.717) is 30.6 Å². The maximum absolute atomic E-state index is 16.0. The molecule has 3 aromatic rings. The number of carboxylic acid groups (broad SMARTS) is 1. The lowest BCUT2D eigenvalue weighted by Crippen LogP contribution is -2.63. The molecule has 1 aliphatic carbocycles. The van der Waals surface area contributed by atoms with Crippen LogP contribution in [0, 0.1) is 5.92 Å². The lowest BCUT2D eigenvalue weighted by Gasteiger charge is -2.45. The number of guanidine groups is 3. The van der Waals surface area contributed by atoms with Crippen LogP contribution >= 0.6 is 11.3 Å². The Morgan fingerprint density at radius 2 is 1.13 bits per heavy atom. The summed E-state index contributed by atoms with van der Waals surface area (Å²) in [4.78, 5) is 165. The summed E-state index contributed by atoms with van der Waals surface area (Å²) in [6, 6.07) is 7.51. The number of amides is 9. The van der Waals surface area contributed by atoms with Gasteiger partial charge in [-0.1, -0.05) is 67.4 Å². The number of nitrogens with one attached hydrogen (secondary N) is 4. The molecule has 1 aromatic heterocycles. The molecule has 6 heterocycles. The number of nitrogens with zero attached hydrogens (tertiary/aromatic N) is 8. The molecular formula is C66H93N19O12S. The molecule has 9 amide bonds. The summed E-state index contributed by atoms with van der Waals surface area (Å²) in [6.45, 7) is -0.371. The topological polar surface area (TPSA) is 495 Å².